The molecule has 4 aromatic rings. The number of pyridine rings is 2. The molecule has 31 heavy (non-hydrogen) atoms. The molecule has 1 saturated carbocycles. The third kappa shape index (κ3) is 3.57. The number of anilines is 3. The minimum absolute atomic E-state index is 0.0584. The van der Waals surface area contributed by atoms with Crippen LogP contribution in [0.1, 0.15) is 25.7 Å². The number of nitrogens with one attached hydrogen (secondary N) is 3. The second kappa shape index (κ2) is 7.92. The van der Waals surface area contributed by atoms with Crippen LogP contribution in [0.5, 0.6) is 0 Å². The van der Waals surface area contributed by atoms with Crippen molar-refractivity contribution in [1.29, 1.82) is 0 Å². The van der Waals surface area contributed by atoms with E-state index < -0.39 is 11.4 Å². The van der Waals surface area contributed by atoms with Gasteiger partial charge >= 0.3 is 0 Å². The molecule has 1 aliphatic carbocycles. The van der Waals surface area contributed by atoms with Crippen LogP contribution in [-0.4, -0.2) is 32.2 Å². The molecule has 0 unspecified atom stereocenters. The lowest BCUT2D eigenvalue weighted by atomic mass is 9.91. The summed E-state index contributed by atoms with van der Waals surface area (Å²) in [5.74, 6) is -0.317. The Morgan fingerprint density at radius 1 is 1.10 bits per heavy atom. The number of aromatic nitrogens is 4. The predicted molar refractivity (Wildman–Crippen MR) is 119 cm³/mol. The highest BCUT2D eigenvalue weighted by molar-refractivity contribution is 5.99. The lowest BCUT2D eigenvalue weighted by molar-refractivity contribution is 0.402. The van der Waals surface area contributed by atoms with Gasteiger partial charge in [0.05, 0.1) is 22.5 Å². The Bertz CT molecular complexity index is 1320. The molecule has 0 radical (unpaired) electrons. The molecular weight excluding hydrogens is 397 g/mol. The van der Waals surface area contributed by atoms with Gasteiger partial charge in [0.25, 0.3) is 5.56 Å². The highest BCUT2D eigenvalue weighted by Crippen LogP contribution is 2.31. The van der Waals surface area contributed by atoms with E-state index in [1.54, 1.807) is 6.20 Å². The van der Waals surface area contributed by atoms with Crippen molar-refractivity contribution in [1.82, 2.24) is 20.2 Å². The summed E-state index contributed by atoms with van der Waals surface area (Å²) in [6.45, 7) is 0. The van der Waals surface area contributed by atoms with E-state index >= 15 is 4.39 Å². The van der Waals surface area contributed by atoms with Gasteiger partial charge in [-0.3, -0.25) is 9.78 Å². The number of halogens is 1. The van der Waals surface area contributed by atoms with Gasteiger partial charge in [-0.15, -0.1) is 0 Å². The number of hydrogen-bond acceptors (Lipinski definition) is 7. The van der Waals surface area contributed by atoms with Crippen LogP contribution in [0.15, 0.2) is 47.5 Å². The first-order valence-corrected chi connectivity index (χ1v) is 10.3. The Balaban J connectivity index is 1.64. The van der Waals surface area contributed by atoms with Crippen molar-refractivity contribution >= 4 is 39.0 Å². The first kappa shape index (κ1) is 19.4. The molecule has 8 nitrogen and oxygen atoms in total. The molecule has 0 aliphatic heterocycles. The maximum absolute atomic E-state index is 15.3. The topological polar surface area (TPSA) is 122 Å². The van der Waals surface area contributed by atoms with E-state index in [0.29, 0.717) is 5.69 Å². The van der Waals surface area contributed by atoms with Crippen LogP contribution in [0.2, 0.25) is 0 Å². The van der Waals surface area contributed by atoms with Crippen LogP contribution in [0.4, 0.5) is 21.7 Å². The Kier molecular flexibility index (Phi) is 4.95. The number of benzene rings is 1. The zero-order chi connectivity index (χ0) is 21.4. The van der Waals surface area contributed by atoms with Gasteiger partial charge in [-0.2, -0.15) is 5.10 Å². The fourth-order valence-electron chi connectivity index (χ4n) is 4.18. The third-order valence-corrected chi connectivity index (χ3v) is 5.80. The summed E-state index contributed by atoms with van der Waals surface area (Å²) in [4.78, 5) is 21.4. The van der Waals surface area contributed by atoms with Crippen LogP contribution >= 0.6 is 0 Å². The fraction of sp³-hybridized carbons (Fsp3) is 0.273. The molecule has 1 fully saturated rings. The van der Waals surface area contributed by atoms with Crippen LogP contribution < -0.4 is 21.9 Å². The number of fused-ring (bicyclic) bond motifs is 2. The highest BCUT2D eigenvalue weighted by atomic mass is 19.1. The average Bonchev–Trinajstić information content (AvgIpc) is 2.78. The summed E-state index contributed by atoms with van der Waals surface area (Å²) < 4.78 is 15.3. The summed E-state index contributed by atoms with van der Waals surface area (Å²) in [6, 6.07) is 9.20. The van der Waals surface area contributed by atoms with Gasteiger partial charge in [0.15, 0.2) is 11.6 Å². The van der Waals surface area contributed by atoms with E-state index in [-0.39, 0.29) is 34.5 Å². The second-order valence-electron chi connectivity index (χ2n) is 7.81. The smallest absolute Gasteiger partial charge is 0.275 e. The van der Waals surface area contributed by atoms with Crippen molar-refractivity contribution in [3.63, 3.8) is 0 Å². The molecule has 0 amide bonds. The molecule has 9 heteroatoms. The van der Waals surface area contributed by atoms with Gasteiger partial charge < -0.3 is 16.4 Å². The van der Waals surface area contributed by atoms with Gasteiger partial charge in [0.2, 0.25) is 0 Å². The van der Waals surface area contributed by atoms with Crippen LogP contribution in [0.3, 0.4) is 0 Å². The number of aromatic amines is 1. The zero-order valence-corrected chi connectivity index (χ0v) is 16.7. The molecule has 0 bridgehead atoms. The summed E-state index contributed by atoms with van der Waals surface area (Å²) in [7, 11) is 0. The van der Waals surface area contributed by atoms with E-state index in [2.05, 4.69) is 30.8 Å². The van der Waals surface area contributed by atoms with E-state index in [0.717, 1.165) is 36.6 Å². The lowest BCUT2D eigenvalue weighted by Gasteiger charge is -2.30. The molecular formula is C22H22FN7O. The number of nitrogens with zero attached hydrogens (tertiary/aromatic N) is 3. The van der Waals surface area contributed by atoms with Crippen LogP contribution in [0, 0.1) is 5.82 Å². The Hall–Kier alpha value is -3.59. The summed E-state index contributed by atoms with van der Waals surface area (Å²) in [6.07, 6.45) is 6.82. The predicted octanol–water partition coefficient (Wildman–Crippen LogP) is 3.43. The van der Waals surface area contributed by atoms with E-state index in [9.17, 15) is 4.79 Å². The van der Waals surface area contributed by atoms with Gasteiger partial charge in [-0.25, -0.2) is 14.5 Å². The van der Waals surface area contributed by atoms with Crippen molar-refractivity contribution in [2.75, 3.05) is 10.6 Å². The summed E-state index contributed by atoms with van der Waals surface area (Å²) >= 11 is 0. The first-order chi connectivity index (χ1) is 15.1. The van der Waals surface area contributed by atoms with Gasteiger partial charge in [0, 0.05) is 29.4 Å². The highest BCUT2D eigenvalue weighted by Gasteiger charge is 2.25. The molecule has 5 rings (SSSR count). The second-order valence-corrected chi connectivity index (χ2v) is 7.81. The standard InChI is InChI=1S/C22H22FN7O/c23-19-13-11-26-30-22(31)18(13)20(29-21(19)28-17-7-2-1-6-14(17)24)27-16-9-3-8-15-12(16)5-4-10-25-15/h3-5,8-11,14,17H,1-2,6-7,24H2,(H,30,31)(H2,27,28,29)/t14-,17+/m0/s1. The molecule has 2 atom stereocenters. The molecule has 3 aromatic heterocycles. The lowest BCUT2D eigenvalue weighted by Crippen LogP contribution is -2.43. The maximum atomic E-state index is 15.3. The first-order valence-electron chi connectivity index (χ1n) is 10.3. The molecule has 3 heterocycles. The molecule has 0 saturated heterocycles. The van der Waals surface area contributed by atoms with Crippen molar-refractivity contribution in [3.05, 3.63) is 58.9 Å². The van der Waals surface area contributed by atoms with Crippen molar-refractivity contribution in [3.8, 4) is 0 Å². The molecule has 0 spiro atoms. The van der Waals surface area contributed by atoms with Crippen LogP contribution in [-0.2, 0) is 0 Å². The SMILES string of the molecule is N[C@H]1CCCC[C@H]1Nc1nc(Nc2cccc3ncccc23)c2c(=O)[nH]ncc2c1F. The van der Waals surface area contributed by atoms with Crippen LogP contribution in [0.25, 0.3) is 21.7 Å². The molecule has 5 N–H and O–H groups in total. The normalized spacial score (nSPS) is 18.9. The Morgan fingerprint density at radius 3 is 2.84 bits per heavy atom. The molecule has 158 valence electrons. The maximum Gasteiger partial charge on any atom is 0.275 e. The molecule has 1 aliphatic rings. The number of nitrogens with two attached hydrogens (primary N) is 1. The number of H-pyrrole nitrogens is 1. The van der Waals surface area contributed by atoms with Crippen molar-refractivity contribution < 1.29 is 4.39 Å². The number of rotatable bonds is 4. The Morgan fingerprint density at radius 2 is 1.97 bits per heavy atom. The van der Waals surface area contributed by atoms with E-state index in [4.69, 9.17) is 5.73 Å². The quantitative estimate of drug-likeness (QED) is 0.400. The molecule has 1 aromatic carbocycles. The van der Waals surface area contributed by atoms with Gasteiger partial charge in [0.1, 0.15) is 5.82 Å². The third-order valence-electron chi connectivity index (χ3n) is 5.80. The largest absolute Gasteiger partial charge is 0.363 e. The minimum atomic E-state index is -0.614. The summed E-state index contributed by atoms with van der Waals surface area (Å²) in [5.41, 5.74) is 7.22. The van der Waals surface area contributed by atoms with E-state index in [1.165, 1.54) is 6.20 Å². The van der Waals surface area contributed by atoms with Crippen molar-refractivity contribution in [2.24, 2.45) is 5.73 Å². The summed E-state index contributed by atoms with van der Waals surface area (Å²) in [5, 5.41) is 13.6. The van der Waals surface area contributed by atoms with E-state index in [1.807, 2.05) is 30.3 Å². The van der Waals surface area contributed by atoms with Crippen molar-refractivity contribution in [2.45, 2.75) is 37.8 Å². The minimum Gasteiger partial charge on any atom is -0.363 e. The Labute approximate surface area is 177 Å². The number of hydrogen-bond donors (Lipinski definition) is 4. The average molecular weight is 419 g/mol. The van der Waals surface area contributed by atoms with Gasteiger partial charge in [-0.05, 0) is 37.1 Å². The monoisotopic (exact) mass is 419 g/mol. The fourth-order valence-corrected chi connectivity index (χ4v) is 4.18. The van der Waals surface area contributed by atoms with Gasteiger partial charge in [-0.1, -0.05) is 18.9 Å². The zero-order valence-electron chi connectivity index (χ0n) is 16.7.